The predicted molar refractivity (Wildman–Crippen MR) is 239 cm³/mol. The first-order chi connectivity index (χ1) is 28.4. The molecule has 57 heavy (non-hydrogen) atoms. The Morgan fingerprint density at radius 1 is 0.561 bits per heavy atom. The summed E-state index contributed by atoms with van der Waals surface area (Å²) in [5.41, 5.74) is 15.2. The van der Waals surface area contributed by atoms with Crippen molar-refractivity contribution in [2.45, 2.75) is 73.1 Å². The van der Waals surface area contributed by atoms with Crippen LogP contribution in [0.5, 0.6) is 5.75 Å². The van der Waals surface area contributed by atoms with E-state index in [1.54, 1.807) is 12.1 Å². The SMILES string of the molecule is [2H]C([2H])([2H])c1ccc(-c2ccnc(-c3cc(-c4cccc5c4nc(-c4cc(C)cc(C(C)(C)C)c4O)n5-c4ccc(C)cc4-c4ccccc4)cc(C(C)(C)C)c3)c2)cc1. The third kappa shape index (κ3) is 7.29. The molecule has 0 aliphatic rings. The lowest BCUT2D eigenvalue weighted by atomic mass is 9.83. The molecule has 0 saturated carbocycles. The molecule has 0 unspecified atom stereocenters. The quantitative estimate of drug-likeness (QED) is 0.184. The van der Waals surface area contributed by atoms with Crippen molar-refractivity contribution in [1.29, 1.82) is 0 Å². The van der Waals surface area contributed by atoms with Gasteiger partial charge in [0.1, 0.15) is 11.6 Å². The van der Waals surface area contributed by atoms with E-state index in [1.807, 2.05) is 36.5 Å². The van der Waals surface area contributed by atoms with E-state index in [0.29, 0.717) is 17.0 Å². The minimum atomic E-state index is -2.16. The third-order valence-electron chi connectivity index (χ3n) is 10.9. The number of fused-ring (bicyclic) bond motifs is 1. The van der Waals surface area contributed by atoms with Gasteiger partial charge in [-0.1, -0.05) is 138 Å². The van der Waals surface area contributed by atoms with E-state index < -0.39 is 6.85 Å². The second kappa shape index (κ2) is 14.4. The van der Waals surface area contributed by atoms with Crippen LogP contribution < -0.4 is 0 Å². The summed E-state index contributed by atoms with van der Waals surface area (Å²) in [6, 6.07) is 45.2. The average Bonchev–Trinajstić information content (AvgIpc) is 3.60. The smallest absolute Gasteiger partial charge is 0.149 e. The third-order valence-corrected chi connectivity index (χ3v) is 10.9. The van der Waals surface area contributed by atoms with Crippen LogP contribution in [0.15, 0.2) is 140 Å². The van der Waals surface area contributed by atoms with Gasteiger partial charge in [0, 0.05) is 32.6 Å². The minimum absolute atomic E-state index is 0.185. The lowest BCUT2D eigenvalue weighted by molar-refractivity contribution is 0.448. The van der Waals surface area contributed by atoms with Crippen LogP contribution in [0.2, 0.25) is 0 Å². The molecule has 0 atom stereocenters. The van der Waals surface area contributed by atoms with Crippen LogP contribution in [-0.2, 0) is 10.8 Å². The molecule has 2 aromatic heterocycles. The highest BCUT2D eigenvalue weighted by atomic mass is 16.3. The summed E-state index contributed by atoms with van der Waals surface area (Å²) < 4.78 is 25.7. The largest absolute Gasteiger partial charge is 0.507 e. The molecular formula is C53H51N3O. The predicted octanol–water partition coefficient (Wildman–Crippen LogP) is 14.0. The Kier molecular flexibility index (Phi) is 8.57. The standard InChI is InChI=1S/C53H51N3O/c1-33-18-21-36(22-19-33)38-24-25-54-46(32-38)40-29-39(30-41(31-40)52(4,5)6)42-16-13-17-48-49(42)55-51(44-27-35(3)28-45(50(44)57)53(7,8)9)56(48)47-23-20-34(2)26-43(47)37-14-11-10-12-15-37/h10-32,57H,1-9H3/i1D3. The van der Waals surface area contributed by atoms with E-state index in [1.165, 1.54) is 0 Å². The normalized spacial score (nSPS) is 13.0. The number of aryl methyl sites for hydroxylation is 3. The van der Waals surface area contributed by atoms with E-state index in [2.05, 4.69) is 151 Å². The molecule has 4 nitrogen and oxygen atoms in total. The lowest BCUT2D eigenvalue weighted by Gasteiger charge is -2.23. The van der Waals surface area contributed by atoms with Crippen LogP contribution in [0.1, 0.15) is 73.5 Å². The van der Waals surface area contributed by atoms with Crippen LogP contribution in [0.4, 0.5) is 0 Å². The molecule has 8 rings (SSSR count). The molecule has 0 aliphatic carbocycles. The van der Waals surface area contributed by atoms with Gasteiger partial charge < -0.3 is 5.11 Å². The van der Waals surface area contributed by atoms with Crippen molar-refractivity contribution in [3.8, 4) is 67.5 Å². The number of phenols is 1. The van der Waals surface area contributed by atoms with Crippen molar-refractivity contribution in [1.82, 2.24) is 14.5 Å². The Balaban J connectivity index is 1.38. The number of imidazole rings is 1. The summed E-state index contributed by atoms with van der Waals surface area (Å²) in [6.45, 7) is 15.1. The number of nitrogens with zero attached hydrogens (tertiary/aromatic N) is 3. The van der Waals surface area contributed by atoms with E-state index >= 15 is 0 Å². The molecule has 2 heterocycles. The van der Waals surface area contributed by atoms with Crippen molar-refractivity contribution in [3.05, 3.63) is 167 Å². The number of aromatic nitrogens is 3. The summed E-state index contributed by atoms with van der Waals surface area (Å²) in [7, 11) is 0. The summed E-state index contributed by atoms with van der Waals surface area (Å²) in [5, 5.41) is 12.2. The van der Waals surface area contributed by atoms with Crippen molar-refractivity contribution >= 4 is 11.0 Å². The van der Waals surface area contributed by atoms with Crippen LogP contribution in [0.25, 0.3) is 72.7 Å². The number of benzene rings is 6. The van der Waals surface area contributed by atoms with E-state index in [0.717, 1.165) is 83.6 Å². The van der Waals surface area contributed by atoms with Crippen LogP contribution >= 0.6 is 0 Å². The van der Waals surface area contributed by atoms with E-state index in [9.17, 15) is 5.11 Å². The van der Waals surface area contributed by atoms with Crippen molar-refractivity contribution < 1.29 is 9.22 Å². The molecule has 0 fully saturated rings. The maximum Gasteiger partial charge on any atom is 0.149 e. The van der Waals surface area contributed by atoms with Gasteiger partial charge in [0.05, 0.1) is 28.0 Å². The molecule has 1 N–H and O–H groups in total. The summed E-state index contributed by atoms with van der Waals surface area (Å²) in [5.74, 6) is 0.895. The first kappa shape index (κ1) is 34.0. The van der Waals surface area contributed by atoms with Gasteiger partial charge in [0.25, 0.3) is 0 Å². The van der Waals surface area contributed by atoms with Crippen molar-refractivity contribution in [3.63, 3.8) is 0 Å². The van der Waals surface area contributed by atoms with Crippen LogP contribution in [0.3, 0.4) is 0 Å². The Hall–Kier alpha value is -6.26. The molecule has 0 aliphatic heterocycles. The fourth-order valence-electron chi connectivity index (χ4n) is 7.77. The second-order valence-electron chi connectivity index (χ2n) is 17.3. The number of pyridine rings is 1. The van der Waals surface area contributed by atoms with Gasteiger partial charge in [-0.2, -0.15) is 0 Å². The number of aromatic hydroxyl groups is 1. The maximum absolute atomic E-state index is 12.2. The van der Waals surface area contributed by atoms with Gasteiger partial charge in [0.2, 0.25) is 0 Å². The van der Waals surface area contributed by atoms with Gasteiger partial charge in [-0.05, 0) is 113 Å². The molecule has 0 saturated heterocycles. The Labute approximate surface area is 341 Å². The van der Waals surface area contributed by atoms with Gasteiger partial charge in [-0.3, -0.25) is 9.55 Å². The zero-order chi connectivity index (χ0) is 42.7. The van der Waals surface area contributed by atoms with Gasteiger partial charge in [-0.15, -0.1) is 0 Å². The highest BCUT2D eigenvalue weighted by molar-refractivity contribution is 5.98. The minimum Gasteiger partial charge on any atom is -0.507 e. The maximum atomic E-state index is 12.2. The molecule has 0 bridgehead atoms. The number of rotatable bonds is 6. The van der Waals surface area contributed by atoms with E-state index in [4.69, 9.17) is 14.1 Å². The van der Waals surface area contributed by atoms with Crippen LogP contribution in [0, 0.1) is 20.7 Å². The summed E-state index contributed by atoms with van der Waals surface area (Å²) >= 11 is 0. The fourth-order valence-corrected chi connectivity index (χ4v) is 7.77. The van der Waals surface area contributed by atoms with Gasteiger partial charge >= 0.3 is 0 Å². The highest BCUT2D eigenvalue weighted by Crippen LogP contribution is 2.44. The number of para-hydroxylation sites is 1. The Bertz CT molecular complexity index is 2890. The number of hydrogen-bond acceptors (Lipinski definition) is 3. The molecule has 0 spiro atoms. The summed E-state index contributed by atoms with van der Waals surface area (Å²) in [4.78, 5) is 10.4. The Morgan fingerprint density at radius 2 is 1.28 bits per heavy atom. The lowest BCUT2D eigenvalue weighted by Crippen LogP contribution is -2.12. The molecular weight excluding hydrogens is 695 g/mol. The number of hydrogen-bond donors (Lipinski definition) is 1. The molecule has 4 heteroatoms. The van der Waals surface area contributed by atoms with Crippen molar-refractivity contribution in [2.24, 2.45) is 0 Å². The molecule has 8 aromatic rings. The Morgan fingerprint density at radius 3 is 2.00 bits per heavy atom. The zero-order valence-electron chi connectivity index (χ0n) is 37.1. The monoisotopic (exact) mass is 748 g/mol. The highest BCUT2D eigenvalue weighted by Gasteiger charge is 2.27. The fraction of sp³-hybridized carbons (Fsp3) is 0.208. The molecule has 284 valence electrons. The molecule has 0 radical (unpaired) electrons. The van der Waals surface area contributed by atoms with E-state index in [-0.39, 0.29) is 16.6 Å². The average molecular weight is 749 g/mol. The van der Waals surface area contributed by atoms with Gasteiger partial charge in [-0.25, -0.2) is 4.98 Å². The van der Waals surface area contributed by atoms with Crippen molar-refractivity contribution in [2.75, 3.05) is 0 Å². The topological polar surface area (TPSA) is 50.9 Å². The molecule has 6 aromatic carbocycles. The second-order valence-corrected chi connectivity index (χ2v) is 17.3. The zero-order valence-corrected chi connectivity index (χ0v) is 34.1. The first-order valence-electron chi connectivity index (χ1n) is 21.1. The molecule has 0 amide bonds. The van der Waals surface area contributed by atoms with Gasteiger partial charge in [0.15, 0.2) is 0 Å². The summed E-state index contributed by atoms with van der Waals surface area (Å²) in [6.07, 6.45) is 1.81. The first-order valence-corrected chi connectivity index (χ1v) is 19.6. The number of phenolic OH excluding ortho intramolecular Hbond substituents is 1. The van der Waals surface area contributed by atoms with Crippen LogP contribution in [-0.4, -0.2) is 19.6 Å².